The van der Waals surface area contributed by atoms with E-state index in [0.717, 1.165) is 116 Å². The Hall–Kier alpha value is -8.61. The minimum Gasteiger partial charge on any atom is -0.456 e. The van der Waals surface area contributed by atoms with Gasteiger partial charge in [-0.15, -0.1) is 0 Å². The van der Waals surface area contributed by atoms with Crippen molar-refractivity contribution in [2.75, 3.05) is 0 Å². The summed E-state index contributed by atoms with van der Waals surface area (Å²) in [7, 11) is 0. The van der Waals surface area contributed by atoms with Gasteiger partial charge in [0.1, 0.15) is 33.5 Å². The van der Waals surface area contributed by atoms with Gasteiger partial charge in [0, 0.05) is 54.6 Å². The third-order valence-electron chi connectivity index (χ3n) is 12.2. The summed E-state index contributed by atoms with van der Waals surface area (Å²) in [6, 6.07) is 68.7. The van der Waals surface area contributed by atoms with Crippen LogP contribution in [0.1, 0.15) is 0 Å². The quantitative estimate of drug-likeness (QED) is 0.166. The maximum atomic E-state index is 6.71. The van der Waals surface area contributed by atoms with Crippen LogP contribution in [0.5, 0.6) is 0 Å². The molecule has 0 spiro atoms. The normalized spacial score (nSPS) is 11.8. The molecule has 0 radical (unpaired) electrons. The molecule has 9 aromatic carbocycles. The van der Waals surface area contributed by atoms with E-state index in [9.17, 15) is 0 Å². The highest BCUT2D eigenvalue weighted by Gasteiger charge is 2.20. The van der Waals surface area contributed by atoms with Gasteiger partial charge in [0.05, 0.1) is 0 Å². The first-order chi connectivity index (χ1) is 31.2. The summed E-state index contributed by atoms with van der Waals surface area (Å²) in [5.41, 5.74) is 14.0. The lowest BCUT2D eigenvalue weighted by atomic mass is 9.94. The third-order valence-corrected chi connectivity index (χ3v) is 12.2. The van der Waals surface area contributed by atoms with Crippen molar-refractivity contribution in [3.05, 3.63) is 200 Å². The van der Waals surface area contributed by atoms with Crippen molar-refractivity contribution >= 4 is 65.8 Å². The van der Waals surface area contributed by atoms with E-state index < -0.39 is 0 Å². The summed E-state index contributed by atoms with van der Waals surface area (Å²) in [6.45, 7) is 0. The van der Waals surface area contributed by atoms with E-state index in [2.05, 4.69) is 140 Å². The molecule has 0 fully saturated rings. The highest BCUT2D eigenvalue weighted by molar-refractivity contribution is 6.17. The van der Waals surface area contributed by atoms with E-state index >= 15 is 0 Å². The zero-order valence-corrected chi connectivity index (χ0v) is 33.6. The Morgan fingerprint density at radius 1 is 0.254 bits per heavy atom. The van der Waals surface area contributed by atoms with Gasteiger partial charge >= 0.3 is 0 Å². The smallest absolute Gasteiger partial charge is 0.164 e. The number of rotatable bonds is 6. The lowest BCUT2D eigenvalue weighted by Gasteiger charge is -2.11. The van der Waals surface area contributed by atoms with E-state index in [0.29, 0.717) is 17.5 Å². The molecule has 0 aliphatic carbocycles. The monoisotopic (exact) mass is 807 g/mol. The Balaban J connectivity index is 0.929. The van der Waals surface area contributed by atoms with E-state index in [4.69, 9.17) is 28.2 Å². The van der Waals surface area contributed by atoms with Crippen LogP contribution in [0.25, 0.3) is 133 Å². The highest BCUT2D eigenvalue weighted by Crippen LogP contribution is 2.43. The Morgan fingerprint density at radius 3 is 1.40 bits per heavy atom. The summed E-state index contributed by atoms with van der Waals surface area (Å²) >= 11 is 0. The summed E-state index contributed by atoms with van der Waals surface area (Å²) in [5, 5.41) is 6.47. The van der Waals surface area contributed by atoms with Crippen molar-refractivity contribution < 1.29 is 13.3 Å². The molecule has 0 N–H and O–H groups in total. The molecular formula is C57H33N3O3. The number of benzene rings is 9. The average Bonchev–Trinajstić information content (AvgIpc) is 4.05. The molecule has 294 valence electrons. The molecule has 0 aliphatic heterocycles. The van der Waals surface area contributed by atoms with Gasteiger partial charge in [0.15, 0.2) is 17.5 Å². The van der Waals surface area contributed by atoms with Crippen molar-refractivity contribution in [2.45, 2.75) is 0 Å². The van der Waals surface area contributed by atoms with Gasteiger partial charge in [0.2, 0.25) is 0 Å². The lowest BCUT2D eigenvalue weighted by Crippen LogP contribution is -2.00. The van der Waals surface area contributed by atoms with Gasteiger partial charge < -0.3 is 13.3 Å². The Kier molecular flexibility index (Phi) is 7.80. The Bertz CT molecular complexity index is 3920. The molecule has 0 unspecified atom stereocenters. The number of para-hydroxylation sites is 3. The molecule has 6 heteroatoms. The number of hydrogen-bond donors (Lipinski definition) is 0. The van der Waals surface area contributed by atoms with Gasteiger partial charge in [-0.05, 0) is 82.4 Å². The number of aromatic nitrogens is 3. The average molecular weight is 808 g/mol. The van der Waals surface area contributed by atoms with Crippen LogP contribution in [0.4, 0.5) is 0 Å². The van der Waals surface area contributed by atoms with Gasteiger partial charge in [-0.3, -0.25) is 0 Å². The fourth-order valence-corrected chi connectivity index (χ4v) is 9.09. The largest absolute Gasteiger partial charge is 0.456 e. The first-order valence-corrected chi connectivity index (χ1v) is 21.0. The topological polar surface area (TPSA) is 78.1 Å². The van der Waals surface area contributed by atoms with Gasteiger partial charge in [-0.25, -0.2) is 15.0 Å². The van der Waals surface area contributed by atoms with Crippen LogP contribution in [0.3, 0.4) is 0 Å². The SMILES string of the molecule is c1ccc(-c2cccc(-c3nc(-c4ccc(-c5ccc(-c6ccc7c(c6)oc6ccccc67)c6c5oc5ccccc56)cc4)nc(-c4ccc5c(c4)oc4ccccc45)n3)c2)cc1. The second-order valence-corrected chi connectivity index (χ2v) is 15.9. The van der Waals surface area contributed by atoms with Crippen LogP contribution < -0.4 is 0 Å². The van der Waals surface area contributed by atoms with Crippen molar-refractivity contribution in [1.82, 2.24) is 15.0 Å². The maximum absolute atomic E-state index is 6.71. The first kappa shape index (κ1) is 35.2. The summed E-state index contributed by atoms with van der Waals surface area (Å²) in [5.74, 6) is 1.72. The number of furan rings is 3. The number of nitrogens with zero attached hydrogens (tertiary/aromatic N) is 3. The maximum Gasteiger partial charge on any atom is 0.164 e. The van der Waals surface area contributed by atoms with Crippen LogP contribution >= 0.6 is 0 Å². The molecule has 0 saturated heterocycles. The van der Waals surface area contributed by atoms with E-state index in [1.54, 1.807) is 0 Å². The first-order valence-electron chi connectivity index (χ1n) is 21.0. The van der Waals surface area contributed by atoms with E-state index in [1.807, 2.05) is 60.7 Å². The summed E-state index contributed by atoms with van der Waals surface area (Å²) in [6.07, 6.45) is 0. The summed E-state index contributed by atoms with van der Waals surface area (Å²) < 4.78 is 19.3. The Labute approximate surface area is 360 Å². The predicted octanol–water partition coefficient (Wildman–Crippen LogP) is 15.6. The van der Waals surface area contributed by atoms with Crippen molar-refractivity contribution in [3.63, 3.8) is 0 Å². The second-order valence-electron chi connectivity index (χ2n) is 15.9. The van der Waals surface area contributed by atoms with E-state index in [-0.39, 0.29) is 0 Å². The van der Waals surface area contributed by atoms with Crippen LogP contribution in [-0.2, 0) is 0 Å². The van der Waals surface area contributed by atoms with Crippen LogP contribution in [0, 0.1) is 0 Å². The van der Waals surface area contributed by atoms with Gasteiger partial charge in [-0.1, -0.05) is 146 Å². The van der Waals surface area contributed by atoms with Gasteiger partial charge in [-0.2, -0.15) is 0 Å². The Morgan fingerprint density at radius 2 is 0.714 bits per heavy atom. The molecule has 4 aromatic heterocycles. The number of hydrogen-bond acceptors (Lipinski definition) is 6. The standard InChI is InChI=1S/C57H33N3O3/c1-2-11-34(12-3-1)37-13-10-14-39(31-37)56-58-55(59-57(60-56)40-26-28-46-44-16-5-8-19-49(44)62-52(46)33-40)36-23-21-35(22-24-36)42-30-29-41(53-47-17-6-9-20-50(47)63-54(42)53)38-25-27-45-43-15-4-7-18-48(43)61-51(45)32-38/h1-33H. The van der Waals surface area contributed by atoms with Gasteiger partial charge in [0.25, 0.3) is 0 Å². The fraction of sp³-hybridized carbons (Fsp3) is 0. The number of fused-ring (bicyclic) bond motifs is 9. The molecule has 63 heavy (non-hydrogen) atoms. The molecule has 0 aliphatic rings. The summed E-state index contributed by atoms with van der Waals surface area (Å²) in [4.78, 5) is 15.3. The van der Waals surface area contributed by atoms with Crippen LogP contribution in [0.15, 0.2) is 213 Å². The second kappa shape index (κ2) is 14.0. The predicted molar refractivity (Wildman–Crippen MR) is 254 cm³/mol. The van der Waals surface area contributed by atoms with Crippen LogP contribution in [0.2, 0.25) is 0 Å². The molecule has 0 saturated carbocycles. The minimum absolute atomic E-state index is 0.562. The lowest BCUT2D eigenvalue weighted by molar-refractivity contribution is 0.668. The third kappa shape index (κ3) is 5.84. The molecule has 13 aromatic rings. The van der Waals surface area contributed by atoms with Crippen LogP contribution in [-0.4, -0.2) is 15.0 Å². The highest BCUT2D eigenvalue weighted by atomic mass is 16.3. The van der Waals surface area contributed by atoms with Crippen molar-refractivity contribution in [2.24, 2.45) is 0 Å². The molecule has 6 nitrogen and oxygen atoms in total. The zero-order chi connectivity index (χ0) is 41.4. The molecule has 0 bridgehead atoms. The molecular weight excluding hydrogens is 775 g/mol. The van der Waals surface area contributed by atoms with E-state index in [1.165, 1.54) is 0 Å². The molecule has 4 heterocycles. The molecule has 0 amide bonds. The van der Waals surface area contributed by atoms with Crippen molar-refractivity contribution in [3.8, 4) is 67.5 Å². The zero-order valence-electron chi connectivity index (χ0n) is 33.6. The molecule has 0 atom stereocenters. The van der Waals surface area contributed by atoms with Crippen molar-refractivity contribution in [1.29, 1.82) is 0 Å². The molecule has 13 rings (SSSR count). The minimum atomic E-state index is 0.562. The fourth-order valence-electron chi connectivity index (χ4n) is 9.09.